The summed E-state index contributed by atoms with van der Waals surface area (Å²) in [6.07, 6.45) is 1.88. The molecule has 0 atom stereocenters. The van der Waals surface area contributed by atoms with E-state index in [-0.39, 0.29) is 0 Å². The van der Waals surface area contributed by atoms with Gasteiger partial charge in [-0.05, 0) is 43.0 Å². The largest absolute Gasteiger partial charge is 0.497 e. The molecule has 90 valence electrons. The SMILES string of the molecule is COc1ccc(CCc2cc(N)n[nH]2)c(C)c1. The van der Waals surface area contributed by atoms with Crippen LogP contribution in [0.5, 0.6) is 5.75 Å². The van der Waals surface area contributed by atoms with Crippen molar-refractivity contribution in [1.29, 1.82) is 0 Å². The topological polar surface area (TPSA) is 63.9 Å². The van der Waals surface area contributed by atoms with Gasteiger partial charge in [-0.1, -0.05) is 6.07 Å². The number of methoxy groups -OCH3 is 1. The van der Waals surface area contributed by atoms with E-state index in [2.05, 4.69) is 29.3 Å². The van der Waals surface area contributed by atoms with Gasteiger partial charge in [0.15, 0.2) is 0 Å². The number of benzene rings is 1. The lowest BCUT2D eigenvalue weighted by molar-refractivity contribution is 0.414. The van der Waals surface area contributed by atoms with Gasteiger partial charge < -0.3 is 10.5 Å². The Kier molecular flexibility index (Phi) is 3.32. The highest BCUT2D eigenvalue weighted by atomic mass is 16.5. The maximum atomic E-state index is 5.56. The van der Waals surface area contributed by atoms with Crippen molar-refractivity contribution >= 4 is 5.82 Å². The number of nitrogen functional groups attached to an aromatic ring is 1. The van der Waals surface area contributed by atoms with E-state index in [0.29, 0.717) is 5.82 Å². The second kappa shape index (κ2) is 4.91. The molecule has 17 heavy (non-hydrogen) atoms. The molecule has 0 radical (unpaired) electrons. The lowest BCUT2D eigenvalue weighted by atomic mass is 10.0. The molecule has 0 unspecified atom stereocenters. The Hall–Kier alpha value is -1.97. The summed E-state index contributed by atoms with van der Waals surface area (Å²) in [5.41, 5.74) is 9.19. The number of nitrogens with one attached hydrogen (secondary N) is 1. The third-order valence-corrected chi connectivity index (χ3v) is 2.86. The van der Waals surface area contributed by atoms with E-state index < -0.39 is 0 Å². The van der Waals surface area contributed by atoms with Crippen molar-refractivity contribution < 1.29 is 4.74 Å². The van der Waals surface area contributed by atoms with Gasteiger partial charge in [0.2, 0.25) is 0 Å². The van der Waals surface area contributed by atoms with Gasteiger partial charge in [-0.25, -0.2) is 0 Å². The molecular formula is C13H17N3O. The van der Waals surface area contributed by atoms with Crippen LogP contribution >= 0.6 is 0 Å². The van der Waals surface area contributed by atoms with Crippen molar-refractivity contribution in [2.75, 3.05) is 12.8 Å². The summed E-state index contributed by atoms with van der Waals surface area (Å²) in [7, 11) is 1.68. The number of H-pyrrole nitrogens is 1. The van der Waals surface area contributed by atoms with Crippen molar-refractivity contribution in [2.45, 2.75) is 19.8 Å². The van der Waals surface area contributed by atoms with Gasteiger partial charge in [0, 0.05) is 11.8 Å². The average molecular weight is 231 g/mol. The minimum absolute atomic E-state index is 0.548. The van der Waals surface area contributed by atoms with Crippen LogP contribution in [0.25, 0.3) is 0 Å². The summed E-state index contributed by atoms with van der Waals surface area (Å²) >= 11 is 0. The van der Waals surface area contributed by atoms with Crippen LogP contribution in [-0.4, -0.2) is 17.3 Å². The van der Waals surface area contributed by atoms with Crippen LogP contribution in [0.3, 0.4) is 0 Å². The van der Waals surface area contributed by atoms with Crippen molar-refractivity contribution in [3.63, 3.8) is 0 Å². The van der Waals surface area contributed by atoms with Crippen LogP contribution in [0, 0.1) is 6.92 Å². The number of hydrogen-bond donors (Lipinski definition) is 2. The van der Waals surface area contributed by atoms with Gasteiger partial charge >= 0.3 is 0 Å². The maximum Gasteiger partial charge on any atom is 0.145 e. The molecule has 1 aromatic heterocycles. The monoisotopic (exact) mass is 231 g/mol. The van der Waals surface area contributed by atoms with E-state index in [9.17, 15) is 0 Å². The fourth-order valence-corrected chi connectivity index (χ4v) is 1.85. The zero-order chi connectivity index (χ0) is 12.3. The molecule has 2 rings (SSSR count). The summed E-state index contributed by atoms with van der Waals surface area (Å²) < 4.78 is 5.18. The minimum atomic E-state index is 0.548. The predicted molar refractivity (Wildman–Crippen MR) is 68.1 cm³/mol. The molecule has 1 heterocycles. The Morgan fingerprint density at radius 2 is 2.12 bits per heavy atom. The Morgan fingerprint density at radius 3 is 2.71 bits per heavy atom. The predicted octanol–water partition coefficient (Wildman–Crippen LogP) is 2.09. The van der Waals surface area contributed by atoms with Crippen LogP contribution in [0.2, 0.25) is 0 Å². The number of anilines is 1. The maximum absolute atomic E-state index is 5.56. The van der Waals surface area contributed by atoms with Gasteiger partial charge in [-0.15, -0.1) is 0 Å². The number of hydrogen-bond acceptors (Lipinski definition) is 3. The van der Waals surface area contributed by atoms with E-state index in [0.717, 1.165) is 24.3 Å². The summed E-state index contributed by atoms with van der Waals surface area (Å²) in [6, 6.07) is 8.02. The third kappa shape index (κ3) is 2.78. The number of rotatable bonds is 4. The van der Waals surface area contributed by atoms with Gasteiger partial charge in [-0.2, -0.15) is 5.10 Å². The second-order valence-corrected chi connectivity index (χ2v) is 4.11. The van der Waals surface area contributed by atoms with Crippen LogP contribution < -0.4 is 10.5 Å². The zero-order valence-corrected chi connectivity index (χ0v) is 10.2. The van der Waals surface area contributed by atoms with Crippen LogP contribution in [0.1, 0.15) is 16.8 Å². The fraction of sp³-hybridized carbons (Fsp3) is 0.308. The third-order valence-electron chi connectivity index (χ3n) is 2.86. The average Bonchev–Trinajstić information content (AvgIpc) is 2.73. The van der Waals surface area contributed by atoms with E-state index in [1.165, 1.54) is 11.1 Å². The fourth-order valence-electron chi connectivity index (χ4n) is 1.85. The molecule has 0 bridgehead atoms. The van der Waals surface area contributed by atoms with Gasteiger partial charge in [0.05, 0.1) is 7.11 Å². The lowest BCUT2D eigenvalue weighted by Crippen LogP contribution is -1.95. The summed E-state index contributed by atoms with van der Waals surface area (Å²) in [6.45, 7) is 2.10. The Bertz CT molecular complexity index is 505. The normalized spacial score (nSPS) is 10.5. The standard InChI is InChI=1S/C13H17N3O/c1-9-7-12(17-2)6-4-10(9)3-5-11-8-13(14)16-15-11/h4,6-8H,3,5H2,1-2H3,(H3,14,15,16). The lowest BCUT2D eigenvalue weighted by Gasteiger charge is -2.07. The number of nitrogens with zero attached hydrogens (tertiary/aromatic N) is 1. The summed E-state index contributed by atoms with van der Waals surface area (Å²) in [4.78, 5) is 0. The zero-order valence-electron chi connectivity index (χ0n) is 10.2. The highest BCUT2D eigenvalue weighted by Gasteiger charge is 2.03. The smallest absolute Gasteiger partial charge is 0.145 e. The Labute approximate surface area is 101 Å². The summed E-state index contributed by atoms with van der Waals surface area (Å²) in [5, 5.41) is 6.83. The molecule has 0 aliphatic rings. The van der Waals surface area contributed by atoms with Gasteiger partial charge in [0.25, 0.3) is 0 Å². The number of aryl methyl sites for hydroxylation is 3. The number of nitrogens with two attached hydrogens (primary N) is 1. The molecule has 0 aliphatic carbocycles. The Morgan fingerprint density at radius 1 is 1.29 bits per heavy atom. The minimum Gasteiger partial charge on any atom is -0.497 e. The van der Waals surface area contributed by atoms with Crippen LogP contribution in [0.4, 0.5) is 5.82 Å². The molecule has 0 aliphatic heterocycles. The number of aromatic amines is 1. The van der Waals surface area contributed by atoms with Gasteiger partial charge in [-0.3, -0.25) is 5.10 Å². The van der Waals surface area contributed by atoms with Gasteiger partial charge in [0.1, 0.15) is 11.6 Å². The molecule has 1 aromatic carbocycles. The van der Waals surface area contributed by atoms with Crippen molar-refractivity contribution in [3.05, 3.63) is 41.1 Å². The first-order chi connectivity index (χ1) is 8.19. The highest BCUT2D eigenvalue weighted by molar-refractivity contribution is 5.35. The molecule has 0 fully saturated rings. The highest BCUT2D eigenvalue weighted by Crippen LogP contribution is 2.18. The van der Waals surface area contributed by atoms with Crippen molar-refractivity contribution in [3.8, 4) is 5.75 Å². The van der Waals surface area contributed by atoms with E-state index >= 15 is 0 Å². The first kappa shape index (κ1) is 11.5. The van der Waals surface area contributed by atoms with Crippen molar-refractivity contribution in [1.82, 2.24) is 10.2 Å². The molecule has 0 amide bonds. The molecule has 4 nitrogen and oxygen atoms in total. The Balaban J connectivity index is 2.04. The van der Waals surface area contributed by atoms with E-state index in [1.807, 2.05) is 12.1 Å². The quantitative estimate of drug-likeness (QED) is 0.847. The first-order valence-electron chi connectivity index (χ1n) is 5.62. The second-order valence-electron chi connectivity index (χ2n) is 4.11. The molecular weight excluding hydrogens is 214 g/mol. The first-order valence-corrected chi connectivity index (χ1v) is 5.62. The molecule has 0 saturated heterocycles. The number of aromatic nitrogens is 2. The van der Waals surface area contributed by atoms with Crippen LogP contribution in [-0.2, 0) is 12.8 Å². The summed E-state index contributed by atoms with van der Waals surface area (Å²) in [5.74, 6) is 1.45. The van der Waals surface area contributed by atoms with E-state index in [1.54, 1.807) is 7.11 Å². The molecule has 4 heteroatoms. The molecule has 0 spiro atoms. The van der Waals surface area contributed by atoms with E-state index in [4.69, 9.17) is 10.5 Å². The van der Waals surface area contributed by atoms with Crippen LogP contribution in [0.15, 0.2) is 24.3 Å². The molecule has 2 aromatic rings. The van der Waals surface area contributed by atoms with Crippen molar-refractivity contribution in [2.24, 2.45) is 0 Å². The molecule has 0 saturated carbocycles. The molecule has 3 N–H and O–H groups in total. The number of ether oxygens (including phenoxy) is 1.